The summed E-state index contributed by atoms with van der Waals surface area (Å²) in [6.07, 6.45) is -4.05. The van der Waals surface area contributed by atoms with E-state index in [2.05, 4.69) is 4.90 Å². The molecule has 2 aromatic carbocycles. The van der Waals surface area contributed by atoms with Crippen molar-refractivity contribution in [3.8, 4) is 0 Å². The normalized spacial score (nSPS) is 18.9. The number of hydrogen-bond donors (Lipinski definition) is 0. The van der Waals surface area contributed by atoms with Crippen LogP contribution in [-0.2, 0) is 21.1 Å². The highest BCUT2D eigenvalue weighted by Gasteiger charge is 2.42. The van der Waals surface area contributed by atoms with Crippen molar-refractivity contribution in [2.45, 2.75) is 24.7 Å². The lowest BCUT2D eigenvalue weighted by Gasteiger charge is -2.33. The van der Waals surface area contributed by atoms with Crippen LogP contribution in [0.4, 0.5) is 17.6 Å². The van der Waals surface area contributed by atoms with Gasteiger partial charge in [0, 0.05) is 25.9 Å². The molecule has 0 saturated carbocycles. The summed E-state index contributed by atoms with van der Waals surface area (Å²) in [5, 5.41) is 0. The molecule has 10 heteroatoms. The van der Waals surface area contributed by atoms with Crippen LogP contribution < -0.4 is 0 Å². The van der Waals surface area contributed by atoms with Crippen molar-refractivity contribution in [2.75, 3.05) is 31.7 Å². The van der Waals surface area contributed by atoms with Crippen LogP contribution in [0.25, 0.3) is 0 Å². The maximum Gasteiger partial charge on any atom is 0.396 e. The van der Waals surface area contributed by atoms with Gasteiger partial charge in [0.25, 0.3) is 0 Å². The van der Waals surface area contributed by atoms with Crippen LogP contribution in [0, 0.1) is 5.82 Å². The van der Waals surface area contributed by atoms with Crippen molar-refractivity contribution in [3.63, 3.8) is 0 Å². The van der Waals surface area contributed by atoms with Crippen LogP contribution in [0.3, 0.4) is 0 Å². The predicted octanol–water partition coefficient (Wildman–Crippen LogP) is 4.51. The first kappa shape index (κ1) is 25.6. The van der Waals surface area contributed by atoms with Gasteiger partial charge in [0.1, 0.15) is 15.7 Å². The molecular weight excluding hydrogens is 458 g/mol. The quantitative estimate of drug-likeness (QED) is 0.569. The minimum absolute atomic E-state index is 0. The highest BCUT2D eigenvalue weighted by atomic mass is 35.5. The molecule has 1 saturated heterocycles. The Morgan fingerprint density at radius 1 is 1.10 bits per heavy atom. The van der Waals surface area contributed by atoms with Gasteiger partial charge in [-0.05, 0) is 28.8 Å². The minimum Gasteiger partial charge on any atom is -0.371 e. The van der Waals surface area contributed by atoms with E-state index in [1.165, 1.54) is 24.3 Å². The van der Waals surface area contributed by atoms with E-state index < -0.39 is 27.7 Å². The van der Waals surface area contributed by atoms with Gasteiger partial charge in [-0.15, -0.1) is 12.4 Å². The molecule has 0 aromatic heterocycles. The molecule has 0 radical (unpaired) electrons. The lowest BCUT2D eigenvalue weighted by Crippen LogP contribution is -2.37. The number of benzene rings is 2. The average molecular weight is 482 g/mol. The molecule has 1 fully saturated rings. The summed E-state index contributed by atoms with van der Waals surface area (Å²) in [6, 6.07) is 12.0. The lowest BCUT2D eigenvalue weighted by atomic mass is 9.99. The minimum atomic E-state index is -4.64. The van der Waals surface area contributed by atoms with E-state index in [0.29, 0.717) is 26.2 Å². The Kier molecular flexibility index (Phi) is 8.49. The second kappa shape index (κ2) is 10.3. The van der Waals surface area contributed by atoms with Gasteiger partial charge in [0.15, 0.2) is 0 Å². The van der Waals surface area contributed by atoms with Crippen molar-refractivity contribution < 1.29 is 30.7 Å². The van der Waals surface area contributed by atoms with Gasteiger partial charge in [-0.1, -0.05) is 36.4 Å². The number of ether oxygens (including phenoxy) is 1. The van der Waals surface area contributed by atoms with E-state index in [1.807, 2.05) is 0 Å². The first-order valence-corrected chi connectivity index (χ1v) is 11.5. The largest absolute Gasteiger partial charge is 0.396 e. The predicted molar refractivity (Wildman–Crippen MR) is 113 cm³/mol. The van der Waals surface area contributed by atoms with Crippen LogP contribution >= 0.6 is 12.4 Å². The molecule has 0 bridgehead atoms. The summed E-state index contributed by atoms with van der Waals surface area (Å²) in [7, 11) is -3.79. The van der Waals surface area contributed by atoms with E-state index in [4.69, 9.17) is 4.74 Å². The van der Waals surface area contributed by atoms with Crippen molar-refractivity contribution >= 4 is 22.2 Å². The fourth-order valence-corrected chi connectivity index (χ4v) is 4.51. The third kappa shape index (κ3) is 7.45. The van der Waals surface area contributed by atoms with E-state index in [9.17, 15) is 26.0 Å². The third-order valence-electron chi connectivity index (χ3n) is 5.05. The molecule has 1 unspecified atom stereocenters. The molecule has 0 amide bonds. The number of rotatable bonds is 6. The van der Waals surface area contributed by atoms with Crippen molar-refractivity contribution in [1.29, 1.82) is 0 Å². The molecule has 2 aromatic rings. The molecule has 2 atom stereocenters. The van der Waals surface area contributed by atoms with Gasteiger partial charge in [-0.3, -0.25) is 4.90 Å². The monoisotopic (exact) mass is 481 g/mol. The summed E-state index contributed by atoms with van der Waals surface area (Å²) in [5.74, 6) is -3.34. The van der Waals surface area contributed by atoms with Crippen LogP contribution in [0.5, 0.6) is 0 Å². The Morgan fingerprint density at radius 2 is 1.71 bits per heavy atom. The Labute approximate surface area is 185 Å². The number of alkyl halides is 3. The van der Waals surface area contributed by atoms with Crippen molar-refractivity contribution in [1.82, 2.24) is 4.90 Å². The Hall–Kier alpha value is -1.68. The molecule has 0 aliphatic carbocycles. The number of halogens is 5. The zero-order valence-electron chi connectivity index (χ0n) is 16.8. The molecule has 0 N–H and O–H groups in total. The fourth-order valence-electron chi connectivity index (χ4n) is 3.52. The molecule has 4 nitrogen and oxygen atoms in total. The number of morpholine rings is 1. The summed E-state index contributed by atoms with van der Waals surface area (Å²) in [6.45, 7) is 2.25. The first-order chi connectivity index (χ1) is 14.0. The van der Waals surface area contributed by atoms with Gasteiger partial charge < -0.3 is 4.74 Å². The fraction of sp³-hybridized carbons (Fsp3) is 0.429. The summed E-state index contributed by atoms with van der Waals surface area (Å²) in [4.78, 5) is 2.12. The Morgan fingerprint density at radius 3 is 2.26 bits per heavy atom. The van der Waals surface area contributed by atoms with Gasteiger partial charge in [-0.2, -0.15) is 13.2 Å². The van der Waals surface area contributed by atoms with E-state index in [0.717, 1.165) is 17.4 Å². The lowest BCUT2D eigenvalue weighted by molar-refractivity contribution is -0.145. The molecule has 1 heterocycles. The molecule has 172 valence electrons. The second-order valence-electron chi connectivity index (χ2n) is 7.57. The van der Waals surface area contributed by atoms with E-state index in [1.54, 1.807) is 24.3 Å². The summed E-state index contributed by atoms with van der Waals surface area (Å²) >= 11 is 0. The molecule has 0 spiro atoms. The number of sulfone groups is 1. The number of hydrogen-bond acceptors (Lipinski definition) is 4. The highest BCUT2D eigenvalue weighted by molar-refractivity contribution is 7.90. The zero-order valence-corrected chi connectivity index (χ0v) is 18.4. The SMILES string of the molecule is CS(=O)(=O)C[C@@H](c1ccc(CN2CCOC(c3ccc(F)cc3)C2)cc1)C(F)(F)F.Cl. The highest BCUT2D eigenvalue weighted by Crippen LogP contribution is 2.36. The molecular formula is C21H24ClF4NO3S. The topological polar surface area (TPSA) is 46.6 Å². The molecule has 1 aliphatic rings. The van der Waals surface area contributed by atoms with E-state index in [-0.39, 0.29) is 29.9 Å². The van der Waals surface area contributed by atoms with Crippen LogP contribution in [0.1, 0.15) is 28.7 Å². The summed E-state index contributed by atoms with van der Waals surface area (Å²) in [5.41, 5.74) is 1.62. The summed E-state index contributed by atoms with van der Waals surface area (Å²) < 4.78 is 81.7. The van der Waals surface area contributed by atoms with Gasteiger partial charge in [0.2, 0.25) is 0 Å². The molecule has 3 rings (SSSR count). The zero-order chi connectivity index (χ0) is 21.9. The van der Waals surface area contributed by atoms with Gasteiger partial charge in [0.05, 0.1) is 24.4 Å². The average Bonchev–Trinajstić information content (AvgIpc) is 2.66. The maximum absolute atomic E-state index is 13.3. The molecule has 31 heavy (non-hydrogen) atoms. The van der Waals surface area contributed by atoms with Crippen LogP contribution in [0.2, 0.25) is 0 Å². The smallest absolute Gasteiger partial charge is 0.371 e. The first-order valence-electron chi connectivity index (χ1n) is 9.44. The van der Waals surface area contributed by atoms with Gasteiger partial charge >= 0.3 is 6.18 Å². The van der Waals surface area contributed by atoms with Crippen LogP contribution in [-0.4, -0.2) is 51.2 Å². The third-order valence-corrected chi connectivity index (χ3v) is 5.98. The van der Waals surface area contributed by atoms with E-state index >= 15 is 0 Å². The standard InChI is InChI=1S/C21H23F4NO3S.ClH/c1-30(27,28)14-19(21(23,24)25)16-4-2-15(3-5-16)12-26-10-11-29-20(13-26)17-6-8-18(22)9-7-17;/h2-9,19-20H,10-14H2,1H3;1H/t19-,20?;/m0./s1. The van der Waals surface area contributed by atoms with Gasteiger partial charge in [-0.25, -0.2) is 12.8 Å². The Balaban J connectivity index is 0.00000341. The number of nitrogens with zero attached hydrogens (tertiary/aromatic N) is 1. The van der Waals surface area contributed by atoms with Crippen molar-refractivity contribution in [2.24, 2.45) is 0 Å². The maximum atomic E-state index is 13.3. The van der Waals surface area contributed by atoms with Crippen LogP contribution in [0.15, 0.2) is 48.5 Å². The van der Waals surface area contributed by atoms with Crippen molar-refractivity contribution in [3.05, 3.63) is 71.0 Å². The Bertz CT molecular complexity index is 950. The second-order valence-corrected chi connectivity index (χ2v) is 9.76. The molecule has 1 aliphatic heterocycles.